The summed E-state index contributed by atoms with van der Waals surface area (Å²) in [7, 11) is -4.18. The van der Waals surface area contributed by atoms with Crippen LogP contribution in [0.1, 0.15) is 17.3 Å². The van der Waals surface area contributed by atoms with E-state index in [-0.39, 0.29) is 6.54 Å². The molecule has 3 N–H and O–H groups in total. The first-order valence-corrected chi connectivity index (χ1v) is 6.43. The molecule has 0 amide bonds. The lowest BCUT2D eigenvalue weighted by Gasteiger charge is -2.10. The first kappa shape index (κ1) is 14.6. The summed E-state index contributed by atoms with van der Waals surface area (Å²) >= 11 is 0. The van der Waals surface area contributed by atoms with E-state index in [9.17, 15) is 17.6 Å². The van der Waals surface area contributed by atoms with Crippen molar-refractivity contribution in [2.45, 2.75) is 17.9 Å². The Bertz CT molecular complexity index is 555. The lowest BCUT2D eigenvalue weighted by Crippen LogP contribution is -2.31. The van der Waals surface area contributed by atoms with E-state index in [0.717, 1.165) is 12.1 Å². The topological polar surface area (TPSA) is 104 Å². The minimum atomic E-state index is -4.18. The lowest BCUT2D eigenvalue weighted by atomic mass is 10.2. The number of hydrogen-bond donors (Lipinski definition) is 3. The molecule has 18 heavy (non-hydrogen) atoms. The average molecular weight is 277 g/mol. The second-order valence-electron chi connectivity index (χ2n) is 3.65. The molecule has 0 bridgehead atoms. The van der Waals surface area contributed by atoms with Crippen molar-refractivity contribution in [3.05, 3.63) is 29.6 Å². The third-order valence-electron chi connectivity index (χ3n) is 2.03. The Hall–Kier alpha value is -1.51. The second-order valence-corrected chi connectivity index (χ2v) is 5.38. The molecule has 0 aromatic heterocycles. The fourth-order valence-electron chi connectivity index (χ4n) is 1.20. The highest BCUT2D eigenvalue weighted by atomic mass is 32.2. The van der Waals surface area contributed by atoms with Crippen molar-refractivity contribution >= 4 is 16.0 Å². The van der Waals surface area contributed by atoms with Gasteiger partial charge in [-0.2, -0.15) is 0 Å². The smallest absolute Gasteiger partial charge is 0.337 e. The Labute approximate surface area is 103 Å². The molecule has 6 nitrogen and oxygen atoms in total. The normalized spacial score (nSPS) is 13.3. The van der Waals surface area contributed by atoms with Crippen molar-refractivity contribution in [2.24, 2.45) is 0 Å². The number of sulfonamides is 1. The molecule has 0 spiro atoms. The van der Waals surface area contributed by atoms with E-state index >= 15 is 0 Å². The fraction of sp³-hybridized carbons (Fsp3) is 0.300. The molecule has 0 unspecified atom stereocenters. The number of nitrogens with one attached hydrogen (secondary N) is 1. The molecule has 0 aliphatic heterocycles. The summed E-state index contributed by atoms with van der Waals surface area (Å²) < 4.78 is 38.5. The number of carboxylic acids is 1. The number of aromatic carboxylic acids is 1. The van der Waals surface area contributed by atoms with Gasteiger partial charge in [-0.25, -0.2) is 22.3 Å². The predicted molar refractivity (Wildman–Crippen MR) is 60.2 cm³/mol. The van der Waals surface area contributed by atoms with Gasteiger partial charge < -0.3 is 10.2 Å². The van der Waals surface area contributed by atoms with Crippen LogP contribution in [0.2, 0.25) is 0 Å². The number of carboxylic acid groups (broad SMARTS) is 1. The molecule has 0 aliphatic rings. The number of rotatable bonds is 5. The van der Waals surface area contributed by atoms with Gasteiger partial charge in [-0.3, -0.25) is 0 Å². The third kappa shape index (κ3) is 3.49. The molecule has 1 aromatic carbocycles. The minimum absolute atomic E-state index is 0.294. The highest BCUT2D eigenvalue weighted by Gasteiger charge is 2.23. The van der Waals surface area contributed by atoms with E-state index in [2.05, 4.69) is 0 Å². The largest absolute Gasteiger partial charge is 0.478 e. The van der Waals surface area contributed by atoms with Crippen LogP contribution in [0, 0.1) is 5.82 Å². The molecule has 0 saturated carbocycles. The van der Waals surface area contributed by atoms with Crippen molar-refractivity contribution < 1.29 is 27.8 Å². The summed E-state index contributed by atoms with van der Waals surface area (Å²) in [5.41, 5.74) is -0.533. The zero-order valence-electron chi connectivity index (χ0n) is 9.42. The Morgan fingerprint density at radius 3 is 2.61 bits per heavy atom. The van der Waals surface area contributed by atoms with Gasteiger partial charge in [0.05, 0.1) is 16.6 Å². The van der Waals surface area contributed by atoms with Crippen LogP contribution in [0.25, 0.3) is 0 Å². The predicted octanol–water partition coefficient (Wildman–Crippen LogP) is 0.183. The Morgan fingerprint density at radius 1 is 1.50 bits per heavy atom. The van der Waals surface area contributed by atoms with E-state index in [1.165, 1.54) is 6.92 Å². The first-order chi connectivity index (χ1) is 8.24. The van der Waals surface area contributed by atoms with Crippen LogP contribution < -0.4 is 4.72 Å². The molecule has 0 fully saturated rings. The number of aliphatic hydroxyl groups excluding tert-OH is 1. The minimum Gasteiger partial charge on any atom is -0.478 e. The molecule has 1 rings (SSSR count). The monoisotopic (exact) mass is 277 g/mol. The van der Waals surface area contributed by atoms with Gasteiger partial charge in [-0.1, -0.05) is 0 Å². The van der Waals surface area contributed by atoms with Crippen LogP contribution in [-0.2, 0) is 10.0 Å². The molecule has 100 valence electrons. The standard InChI is InChI=1S/C10H12FNO5S/c1-6(13)5-12-18(16,17)9-4-7(11)2-3-8(9)10(14)15/h2-4,6,12-13H,5H2,1H3,(H,14,15)/t6-/m1/s1. The number of hydrogen-bond acceptors (Lipinski definition) is 4. The maximum atomic E-state index is 13.0. The van der Waals surface area contributed by atoms with E-state index in [4.69, 9.17) is 10.2 Å². The van der Waals surface area contributed by atoms with E-state index < -0.39 is 38.4 Å². The van der Waals surface area contributed by atoms with Gasteiger partial charge in [0, 0.05) is 6.54 Å². The molecule has 0 saturated heterocycles. The Kier molecular flexibility index (Phi) is 4.38. The van der Waals surface area contributed by atoms with Crippen LogP contribution >= 0.6 is 0 Å². The van der Waals surface area contributed by atoms with Crippen LogP contribution in [0.5, 0.6) is 0 Å². The summed E-state index contributed by atoms with van der Waals surface area (Å²) in [5.74, 6) is -2.34. The van der Waals surface area contributed by atoms with Gasteiger partial charge in [0.15, 0.2) is 0 Å². The summed E-state index contributed by atoms with van der Waals surface area (Å²) in [6.45, 7) is 1.06. The van der Waals surface area contributed by atoms with Crippen LogP contribution in [0.15, 0.2) is 23.1 Å². The summed E-state index contributed by atoms with van der Waals surface area (Å²) in [4.78, 5) is 10.2. The molecule has 1 atom stereocenters. The van der Waals surface area contributed by atoms with Crippen molar-refractivity contribution in [1.29, 1.82) is 0 Å². The van der Waals surface area contributed by atoms with Crippen molar-refractivity contribution in [3.63, 3.8) is 0 Å². The summed E-state index contributed by atoms with van der Waals surface area (Å²) in [6, 6.07) is 2.35. The van der Waals surface area contributed by atoms with E-state index in [1.807, 2.05) is 4.72 Å². The van der Waals surface area contributed by atoms with Crippen molar-refractivity contribution in [3.8, 4) is 0 Å². The fourth-order valence-corrected chi connectivity index (χ4v) is 2.53. The SMILES string of the molecule is C[C@@H](O)CNS(=O)(=O)c1cc(F)ccc1C(=O)O. The molecule has 0 heterocycles. The third-order valence-corrected chi connectivity index (χ3v) is 3.50. The number of halogens is 1. The molecule has 0 radical (unpaired) electrons. The maximum Gasteiger partial charge on any atom is 0.337 e. The van der Waals surface area contributed by atoms with Gasteiger partial charge in [0.1, 0.15) is 5.82 Å². The van der Waals surface area contributed by atoms with Crippen LogP contribution in [0.4, 0.5) is 4.39 Å². The molecule has 8 heteroatoms. The zero-order valence-corrected chi connectivity index (χ0v) is 10.2. The molecular formula is C10H12FNO5S. The quantitative estimate of drug-likeness (QED) is 0.712. The van der Waals surface area contributed by atoms with Gasteiger partial charge in [-0.05, 0) is 25.1 Å². The van der Waals surface area contributed by atoms with Crippen molar-refractivity contribution in [2.75, 3.05) is 6.54 Å². The number of benzene rings is 1. The van der Waals surface area contributed by atoms with Crippen LogP contribution in [-0.4, -0.2) is 37.2 Å². The Morgan fingerprint density at radius 2 is 2.11 bits per heavy atom. The average Bonchev–Trinajstić information content (AvgIpc) is 2.26. The van der Waals surface area contributed by atoms with Gasteiger partial charge in [-0.15, -0.1) is 0 Å². The zero-order chi connectivity index (χ0) is 13.9. The molecular weight excluding hydrogens is 265 g/mol. The highest BCUT2D eigenvalue weighted by molar-refractivity contribution is 7.89. The maximum absolute atomic E-state index is 13.0. The molecule has 0 aliphatic carbocycles. The van der Waals surface area contributed by atoms with Crippen LogP contribution in [0.3, 0.4) is 0 Å². The number of carbonyl (C=O) groups is 1. The summed E-state index contributed by atoms with van der Waals surface area (Å²) in [5, 5.41) is 17.8. The van der Waals surface area contributed by atoms with E-state index in [1.54, 1.807) is 0 Å². The van der Waals surface area contributed by atoms with Gasteiger partial charge >= 0.3 is 5.97 Å². The van der Waals surface area contributed by atoms with E-state index in [0.29, 0.717) is 6.07 Å². The van der Waals surface area contributed by atoms with Gasteiger partial charge in [0.25, 0.3) is 0 Å². The van der Waals surface area contributed by atoms with Gasteiger partial charge in [0.2, 0.25) is 10.0 Å². The molecule has 1 aromatic rings. The first-order valence-electron chi connectivity index (χ1n) is 4.94. The number of aliphatic hydroxyl groups is 1. The Balaban J connectivity index is 3.22. The second kappa shape index (κ2) is 5.42. The van der Waals surface area contributed by atoms with Crippen molar-refractivity contribution in [1.82, 2.24) is 4.72 Å². The lowest BCUT2D eigenvalue weighted by molar-refractivity contribution is 0.0692. The summed E-state index contributed by atoms with van der Waals surface area (Å²) in [6.07, 6.45) is -0.943. The highest BCUT2D eigenvalue weighted by Crippen LogP contribution is 2.17.